The molecule has 0 aliphatic carbocycles. The number of hydrogen-bond acceptors (Lipinski definition) is 6. The second-order valence-electron chi connectivity index (χ2n) is 7.00. The highest BCUT2D eigenvalue weighted by Gasteiger charge is 2.13. The molecule has 0 aliphatic heterocycles. The molecular weight excluding hydrogens is 380 g/mol. The third-order valence-electron chi connectivity index (χ3n) is 4.59. The van der Waals surface area contributed by atoms with Gasteiger partial charge in [0.05, 0.1) is 0 Å². The van der Waals surface area contributed by atoms with E-state index in [-0.39, 0.29) is 5.91 Å². The number of amides is 1. The highest BCUT2D eigenvalue weighted by Crippen LogP contribution is 2.19. The van der Waals surface area contributed by atoms with Crippen LogP contribution in [0.4, 0.5) is 0 Å². The Kier molecular flexibility index (Phi) is 5.65. The Morgan fingerprint density at radius 1 is 1.17 bits per heavy atom. The summed E-state index contributed by atoms with van der Waals surface area (Å²) >= 11 is 0. The van der Waals surface area contributed by atoms with Crippen LogP contribution >= 0.6 is 0 Å². The van der Waals surface area contributed by atoms with Crippen LogP contribution in [0, 0.1) is 6.92 Å². The molecule has 0 bridgehead atoms. The number of benzene rings is 1. The summed E-state index contributed by atoms with van der Waals surface area (Å²) < 4.78 is 7.03. The van der Waals surface area contributed by atoms with E-state index in [1.807, 2.05) is 37.3 Å². The summed E-state index contributed by atoms with van der Waals surface area (Å²) in [5.41, 5.74) is 3.29. The number of rotatable bonds is 7. The van der Waals surface area contributed by atoms with Crippen molar-refractivity contribution in [2.75, 3.05) is 0 Å². The number of aromatic nitrogens is 5. The smallest absolute Gasteiger partial charge is 0.271 e. The normalized spacial score (nSPS) is 10.9. The van der Waals surface area contributed by atoms with Crippen LogP contribution in [0.15, 0.2) is 59.6 Å². The van der Waals surface area contributed by atoms with Gasteiger partial charge >= 0.3 is 0 Å². The highest BCUT2D eigenvalue weighted by atomic mass is 16.5. The van der Waals surface area contributed by atoms with Gasteiger partial charge in [0.1, 0.15) is 17.8 Å². The van der Waals surface area contributed by atoms with E-state index in [4.69, 9.17) is 4.52 Å². The van der Waals surface area contributed by atoms with E-state index < -0.39 is 0 Å². The topological polar surface area (TPSA) is 98.7 Å². The predicted molar refractivity (Wildman–Crippen MR) is 111 cm³/mol. The molecule has 0 atom stereocenters. The molecule has 0 spiro atoms. The predicted octanol–water partition coefficient (Wildman–Crippen LogP) is 3.51. The first-order valence-electron chi connectivity index (χ1n) is 9.79. The SMILES string of the molecule is CCCc1noc(-c2ccnc(-n3cnc(C(=O)NCc4ccc(C)cc4)c3)c2)n1. The van der Waals surface area contributed by atoms with E-state index in [1.165, 1.54) is 5.56 Å². The average molecular weight is 402 g/mol. The summed E-state index contributed by atoms with van der Waals surface area (Å²) in [4.78, 5) is 25.4. The van der Waals surface area contributed by atoms with Crippen LogP contribution in [-0.2, 0) is 13.0 Å². The van der Waals surface area contributed by atoms with Crippen LogP contribution < -0.4 is 5.32 Å². The van der Waals surface area contributed by atoms with Crippen molar-refractivity contribution < 1.29 is 9.32 Å². The van der Waals surface area contributed by atoms with Crippen LogP contribution in [0.25, 0.3) is 17.3 Å². The van der Waals surface area contributed by atoms with Crippen molar-refractivity contribution in [1.82, 2.24) is 30.0 Å². The van der Waals surface area contributed by atoms with Crippen molar-refractivity contribution in [1.29, 1.82) is 0 Å². The summed E-state index contributed by atoms with van der Waals surface area (Å²) in [5, 5.41) is 6.87. The molecule has 1 N–H and O–H groups in total. The first-order chi connectivity index (χ1) is 14.6. The van der Waals surface area contributed by atoms with Crippen molar-refractivity contribution in [2.45, 2.75) is 33.2 Å². The first-order valence-corrected chi connectivity index (χ1v) is 9.79. The van der Waals surface area contributed by atoms with Gasteiger partial charge in [0.25, 0.3) is 11.8 Å². The fourth-order valence-corrected chi connectivity index (χ4v) is 2.93. The quantitative estimate of drug-likeness (QED) is 0.508. The van der Waals surface area contributed by atoms with Crippen molar-refractivity contribution >= 4 is 5.91 Å². The molecule has 30 heavy (non-hydrogen) atoms. The number of carbonyl (C=O) groups is 1. The number of carbonyl (C=O) groups excluding carboxylic acids is 1. The van der Waals surface area contributed by atoms with Gasteiger partial charge in [-0.1, -0.05) is 41.9 Å². The zero-order valence-electron chi connectivity index (χ0n) is 16.9. The summed E-state index contributed by atoms with van der Waals surface area (Å²) in [6.07, 6.45) is 6.58. The summed E-state index contributed by atoms with van der Waals surface area (Å²) in [5.74, 6) is 1.48. The molecule has 3 aromatic heterocycles. The first kappa shape index (κ1) is 19.5. The monoisotopic (exact) mass is 402 g/mol. The number of nitrogens with zero attached hydrogens (tertiary/aromatic N) is 5. The summed E-state index contributed by atoms with van der Waals surface area (Å²) in [6, 6.07) is 11.6. The third-order valence-corrected chi connectivity index (χ3v) is 4.59. The standard InChI is InChI=1S/C22H22N6O2/c1-3-4-19-26-22(30-27-19)17-9-10-23-20(11-17)28-13-18(25-14-28)21(29)24-12-16-7-5-15(2)6-8-16/h5-11,13-14H,3-4,12H2,1-2H3,(H,24,29). The van der Waals surface area contributed by atoms with Gasteiger partial charge in [-0.05, 0) is 31.0 Å². The Morgan fingerprint density at radius 2 is 2.00 bits per heavy atom. The van der Waals surface area contributed by atoms with Gasteiger partial charge in [0.2, 0.25) is 0 Å². The number of imidazole rings is 1. The van der Waals surface area contributed by atoms with Crippen molar-refractivity contribution in [3.8, 4) is 17.3 Å². The molecular formula is C22H22N6O2. The fourth-order valence-electron chi connectivity index (χ4n) is 2.93. The Balaban J connectivity index is 1.46. The maximum Gasteiger partial charge on any atom is 0.271 e. The van der Waals surface area contributed by atoms with Crippen LogP contribution in [0.2, 0.25) is 0 Å². The molecule has 0 radical (unpaired) electrons. The second-order valence-corrected chi connectivity index (χ2v) is 7.00. The minimum Gasteiger partial charge on any atom is -0.347 e. The van der Waals surface area contributed by atoms with Crippen molar-refractivity contribution in [3.05, 3.63) is 77.8 Å². The van der Waals surface area contributed by atoms with E-state index in [0.29, 0.717) is 29.8 Å². The largest absolute Gasteiger partial charge is 0.347 e. The maximum atomic E-state index is 12.4. The molecule has 8 nitrogen and oxygen atoms in total. The maximum absolute atomic E-state index is 12.4. The van der Waals surface area contributed by atoms with Gasteiger partial charge in [0, 0.05) is 30.9 Å². The zero-order chi connectivity index (χ0) is 20.9. The molecule has 3 heterocycles. The zero-order valence-corrected chi connectivity index (χ0v) is 16.9. The molecule has 8 heteroatoms. The Bertz CT molecular complexity index is 1150. The van der Waals surface area contributed by atoms with Gasteiger partial charge in [0.15, 0.2) is 5.82 Å². The number of aryl methyl sites for hydroxylation is 2. The molecule has 0 saturated carbocycles. The Morgan fingerprint density at radius 3 is 2.80 bits per heavy atom. The minimum atomic E-state index is -0.244. The summed E-state index contributed by atoms with van der Waals surface area (Å²) in [6.45, 7) is 4.53. The third kappa shape index (κ3) is 4.43. The Labute approximate surface area is 174 Å². The highest BCUT2D eigenvalue weighted by molar-refractivity contribution is 5.92. The van der Waals surface area contributed by atoms with Crippen LogP contribution in [0.3, 0.4) is 0 Å². The fraction of sp³-hybridized carbons (Fsp3) is 0.227. The van der Waals surface area contributed by atoms with Crippen LogP contribution in [-0.4, -0.2) is 30.6 Å². The van der Waals surface area contributed by atoms with Gasteiger partial charge in [-0.2, -0.15) is 4.98 Å². The molecule has 0 aliphatic rings. The van der Waals surface area contributed by atoms with Crippen molar-refractivity contribution in [3.63, 3.8) is 0 Å². The number of pyridine rings is 1. The molecule has 0 unspecified atom stereocenters. The Hall–Kier alpha value is -3.81. The lowest BCUT2D eigenvalue weighted by Crippen LogP contribution is -2.23. The van der Waals surface area contributed by atoms with Gasteiger partial charge in [-0.3, -0.25) is 9.36 Å². The lowest BCUT2D eigenvalue weighted by atomic mass is 10.1. The molecule has 1 amide bonds. The molecule has 0 saturated heterocycles. The van der Waals surface area contributed by atoms with E-state index in [1.54, 1.807) is 29.4 Å². The van der Waals surface area contributed by atoms with Crippen LogP contribution in [0.5, 0.6) is 0 Å². The average Bonchev–Trinajstić information content (AvgIpc) is 3.44. The van der Waals surface area contributed by atoms with E-state index in [9.17, 15) is 4.79 Å². The number of hydrogen-bond donors (Lipinski definition) is 1. The van der Waals surface area contributed by atoms with E-state index in [2.05, 4.69) is 32.3 Å². The van der Waals surface area contributed by atoms with Gasteiger partial charge in [-0.25, -0.2) is 9.97 Å². The lowest BCUT2D eigenvalue weighted by molar-refractivity contribution is 0.0946. The lowest BCUT2D eigenvalue weighted by Gasteiger charge is -2.04. The molecule has 152 valence electrons. The minimum absolute atomic E-state index is 0.244. The molecule has 4 aromatic rings. The molecule has 1 aromatic carbocycles. The van der Waals surface area contributed by atoms with Crippen LogP contribution in [0.1, 0.15) is 40.8 Å². The number of nitrogens with one attached hydrogen (secondary N) is 1. The van der Waals surface area contributed by atoms with E-state index in [0.717, 1.165) is 24.0 Å². The molecule has 4 rings (SSSR count). The second kappa shape index (κ2) is 8.69. The van der Waals surface area contributed by atoms with Crippen molar-refractivity contribution in [2.24, 2.45) is 0 Å². The van der Waals surface area contributed by atoms with Gasteiger partial charge < -0.3 is 9.84 Å². The van der Waals surface area contributed by atoms with Gasteiger partial charge in [-0.15, -0.1) is 0 Å². The summed E-state index contributed by atoms with van der Waals surface area (Å²) in [7, 11) is 0. The van der Waals surface area contributed by atoms with E-state index >= 15 is 0 Å². The molecule has 0 fully saturated rings.